The maximum atomic E-state index is 5.34. The third-order valence-electron chi connectivity index (χ3n) is 3.21. The van der Waals surface area contributed by atoms with Gasteiger partial charge in [0.15, 0.2) is 0 Å². The van der Waals surface area contributed by atoms with Crippen LogP contribution in [0.25, 0.3) is 0 Å². The molecule has 1 aromatic heterocycles. The number of hydrogen-bond donors (Lipinski definition) is 1. The molecule has 0 aromatic carbocycles. The molecule has 15 heavy (non-hydrogen) atoms. The number of aromatic nitrogens is 2. The van der Waals surface area contributed by atoms with Gasteiger partial charge in [-0.3, -0.25) is 0 Å². The fourth-order valence-corrected chi connectivity index (χ4v) is 2.14. The average Bonchev–Trinajstić information content (AvgIpc) is 2.84. The second-order valence-corrected chi connectivity index (χ2v) is 4.24. The Morgan fingerprint density at radius 2 is 2.47 bits per heavy atom. The molecule has 0 amide bonds. The standard InChI is InChI=1S/C11H19N3O/c1-14-8-12-6-10(14)7-13-9-3-4-11(5-9)15-2/h6,8-9,11,13H,3-5,7H2,1-2H3. The van der Waals surface area contributed by atoms with E-state index in [0.29, 0.717) is 12.1 Å². The van der Waals surface area contributed by atoms with E-state index in [0.717, 1.165) is 13.0 Å². The van der Waals surface area contributed by atoms with Gasteiger partial charge in [0.25, 0.3) is 0 Å². The lowest BCUT2D eigenvalue weighted by Crippen LogP contribution is -2.27. The van der Waals surface area contributed by atoms with Gasteiger partial charge in [-0.15, -0.1) is 0 Å². The molecule has 0 saturated heterocycles. The van der Waals surface area contributed by atoms with Crippen LogP contribution >= 0.6 is 0 Å². The van der Waals surface area contributed by atoms with E-state index in [1.54, 1.807) is 7.11 Å². The summed E-state index contributed by atoms with van der Waals surface area (Å²) in [7, 11) is 3.82. The van der Waals surface area contributed by atoms with Crippen molar-refractivity contribution in [1.29, 1.82) is 0 Å². The van der Waals surface area contributed by atoms with Gasteiger partial charge in [-0.2, -0.15) is 0 Å². The third kappa shape index (κ3) is 2.58. The number of hydrogen-bond acceptors (Lipinski definition) is 3. The van der Waals surface area contributed by atoms with E-state index in [4.69, 9.17) is 4.74 Å². The quantitative estimate of drug-likeness (QED) is 0.806. The normalized spacial score (nSPS) is 26.0. The number of methoxy groups -OCH3 is 1. The molecule has 1 fully saturated rings. The minimum Gasteiger partial charge on any atom is -0.381 e. The number of nitrogens with one attached hydrogen (secondary N) is 1. The van der Waals surface area contributed by atoms with Crippen molar-refractivity contribution >= 4 is 0 Å². The fraction of sp³-hybridized carbons (Fsp3) is 0.727. The highest BCUT2D eigenvalue weighted by Crippen LogP contribution is 2.21. The van der Waals surface area contributed by atoms with Crippen LogP contribution in [0.3, 0.4) is 0 Å². The van der Waals surface area contributed by atoms with Gasteiger partial charge in [0.05, 0.1) is 18.1 Å². The molecule has 0 radical (unpaired) electrons. The van der Waals surface area contributed by atoms with Gasteiger partial charge < -0.3 is 14.6 Å². The number of aryl methyl sites for hydroxylation is 1. The summed E-state index contributed by atoms with van der Waals surface area (Å²) in [6, 6.07) is 0.602. The monoisotopic (exact) mass is 209 g/mol. The summed E-state index contributed by atoms with van der Waals surface area (Å²) < 4.78 is 7.40. The van der Waals surface area contributed by atoms with Crippen LogP contribution in [-0.4, -0.2) is 28.8 Å². The summed E-state index contributed by atoms with van der Waals surface area (Å²) >= 11 is 0. The maximum absolute atomic E-state index is 5.34. The molecule has 1 N–H and O–H groups in total. The SMILES string of the molecule is COC1CCC(NCc2cncn2C)C1. The molecule has 1 aromatic rings. The van der Waals surface area contributed by atoms with Crippen molar-refractivity contribution in [2.24, 2.45) is 7.05 Å². The van der Waals surface area contributed by atoms with E-state index in [1.807, 2.05) is 19.6 Å². The highest BCUT2D eigenvalue weighted by atomic mass is 16.5. The van der Waals surface area contributed by atoms with E-state index in [9.17, 15) is 0 Å². The van der Waals surface area contributed by atoms with Gasteiger partial charge in [-0.1, -0.05) is 0 Å². The Labute approximate surface area is 90.6 Å². The van der Waals surface area contributed by atoms with Gasteiger partial charge in [0.2, 0.25) is 0 Å². The Hall–Kier alpha value is -0.870. The molecule has 1 aliphatic rings. The maximum Gasteiger partial charge on any atom is 0.0945 e. The molecule has 0 spiro atoms. The van der Waals surface area contributed by atoms with Crippen LogP contribution < -0.4 is 5.32 Å². The minimum absolute atomic E-state index is 0.453. The predicted molar refractivity (Wildman–Crippen MR) is 58.5 cm³/mol. The fourth-order valence-electron chi connectivity index (χ4n) is 2.14. The summed E-state index contributed by atoms with van der Waals surface area (Å²) in [5.74, 6) is 0. The van der Waals surface area contributed by atoms with Crippen molar-refractivity contribution in [3.8, 4) is 0 Å². The summed E-state index contributed by atoms with van der Waals surface area (Å²) in [5, 5.41) is 3.55. The highest BCUT2D eigenvalue weighted by molar-refractivity contribution is 4.97. The molecule has 1 aliphatic carbocycles. The molecule has 4 nitrogen and oxygen atoms in total. The largest absolute Gasteiger partial charge is 0.381 e. The van der Waals surface area contributed by atoms with E-state index in [1.165, 1.54) is 18.5 Å². The lowest BCUT2D eigenvalue weighted by molar-refractivity contribution is 0.107. The Morgan fingerprint density at radius 3 is 3.07 bits per heavy atom. The van der Waals surface area contributed by atoms with E-state index in [-0.39, 0.29) is 0 Å². The Balaban J connectivity index is 1.77. The summed E-state index contributed by atoms with van der Waals surface area (Å²) in [6.07, 6.45) is 7.73. The summed E-state index contributed by atoms with van der Waals surface area (Å²) in [6.45, 7) is 0.900. The van der Waals surface area contributed by atoms with Crippen LogP contribution in [0.2, 0.25) is 0 Å². The van der Waals surface area contributed by atoms with Crippen LogP contribution in [0.4, 0.5) is 0 Å². The van der Waals surface area contributed by atoms with E-state index in [2.05, 4.69) is 14.9 Å². The molecule has 4 heteroatoms. The minimum atomic E-state index is 0.453. The molecular weight excluding hydrogens is 190 g/mol. The van der Waals surface area contributed by atoms with Gasteiger partial charge in [0, 0.05) is 32.9 Å². The van der Waals surface area contributed by atoms with Gasteiger partial charge in [-0.25, -0.2) is 4.98 Å². The van der Waals surface area contributed by atoms with Crippen molar-refractivity contribution in [2.75, 3.05) is 7.11 Å². The van der Waals surface area contributed by atoms with Crippen LogP contribution in [-0.2, 0) is 18.3 Å². The van der Waals surface area contributed by atoms with Crippen molar-refractivity contribution in [2.45, 2.75) is 38.0 Å². The van der Waals surface area contributed by atoms with Crippen molar-refractivity contribution in [1.82, 2.24) is 14.9 Å². The molecule has 1 heterocycles. The first-order valence-electron chi connectivity index (χ1n) is 5.51. The van der Waals surface area contributed by atoms with Crippen LogP contribution in [0.1, 0.15) is 25.0 Å². The van der Waals surface area contributed by atoms with Gasteiger partial charge in [0.1, 0.15) is 0 Å². The molecular formula is C11H19N3O. The van der Waals surface area contributed by atoms with Crippen molar-refractivity contribution in [3.05, 3.63) is 18.2 Å². The zero-order valence-corrected chi connectivity index (χ0v) is 9.44. The predicted octanol–water partition coefficient (Wildman–Crippen LogP) is 1.08. The van der Waals surface area contributed by atoms with Crippen molar-refractivity contribution in [3.63, 3.8) is 0 Å². The zero-order valence-electron chi connectivity index (χ0n) is 9.44. The van der Waals surface area contributed by atoms with E-state index < -0.39 is 0 Å². The van der Waals surface area contributed by atoms with Crippen LogP contribution in [0, 0.1) is 0 Å². The Kier molecular flexibility index (Phi) is 3.38. The Morgan fingerprint density at radius 1 is 1.60 bits per heavy atom. The molecule has 2 atom stereocenters. The van der Waals surface area contributed by atoms with Crippen molar-refractivity contribution < 1.29 is 4.74 Å². The molecule has 0 bridgehead atoms. The average molecular weight is 209 g/mol. The van der Waals surface area contributed by atoms with Gasteiger partial charge >= 0.3 is 0 Å². The summed E-state index contributed by atoms with van der Waals surface area (Å²) in [4.78, 5) is 4.10. The van der Waals surface area contributed by atoms with Gasteiger partial charge in [-0.05, 0) is 19.3 Å². The number of imidazole rings is 1. The van der Waals surface area contributed by atoms with Crippen LogP contribution in [0.15, 0.2) is 12.5 Å². The molecule has 84 valence electrons. The highest BCUT2D eigenvalue weighted by Gasteiger charge is 2.23. The zero-order chi connectivity index (χ0) is 10.7. The molecule has 0 aliphatic heterocycles. The molecule has 2 unspecified atom stereocenters. The second-order valence-electron chi connectivity index (χ2n) is 4.24. The first-order valence-corrected chi connectivity index (χ1v) is 5.51. The number of nitrogens with zero attached hydrogens (tertiary/aromatic N) is 2. The summed E-state index contributed by atoms with van der Waals surface area (Å²) in [5.41, 5.74) is 1.23. The van der Waals surface area contributed by atoms with E-state index >= 15 is 0 Å². The lowest BCUT2D eigenvalue weighted by Gasteiger charge is -2.12. The topological polar surface area (TPSA) is 39.1 Å². The third-order valence-corrected chi connectivity index (χ3v) is 3.21. The Bertz CT molecular complexity index is 311. The first kappa shape index (κ1) is 10.6. The second kappa shape index (κ2) is 4.77. The van der Waals surface area contributed by atoms with Crippen LogP contribution in [0.5, 0.6) is 0 Å². The first-order chi connectivity index (χ1) is 7.29. The molecule has 1 saturated carbocycles. The molecule has 2 rings (SSSR count). The number of rotatable bonds is 4. The smallest absolute Gasteiger partial charge is 0.0945 e. The lowest BCUT2D eigenvalue weighted by atomic mass is 10.2. The number of ether oxygens (including phenoxy) is 1.